The number of halogens is 4. The topological polar surface area (TPSA) is 26.3 Å². The van der Waals surface area contributed by atoms with Gasteiger partial charge < -0.3 is 3.07 Å². The van der Waals surface area contributed by atoms with Gasteiger partial charge in [0.25, 0.3) is 0 Å². The fourth-order valence-electron chi connectivity index (χ4n) is 1.66. The molecule has 15 heavy (non-hydrogen) atoms. The van der Waals surface area contributed by atoms with Crippen LogP contribution in [-0.4, -0.2) is 10.3 Å². The minimum Gasteiger partial charge on any atom is -0.394 e. The van der Waals surface area contributed by atoms with Crippen LogP contribution in [0.15, 0.2) is 0 Å². The van der Waals surface area contributed by atoms with E-state index < -0.39 is 4.30 Å². The van der Waals surface area contributed by atoms with Gasteiger partial charge in [0.15, 0.2) is 27.3 Å². The molecule has 0 saturated heterocycles. The SMILES string of the molecule is ClC(Cl)Cl.O=C(CCC1CCCC1)OI. The number of hydrogen-bond acceptors (Lipinski definition) is 2. The molecule has 6 heteroatoms. The van der Waals surface area contributed by atoms with Crippen molar-refractivity contribution in [2.75, 3.05) is 0 Å². The lowest BCUT2D eigenvalue weighted by molar-refractivity contribution is -0.131. The van der Waals surface area contributed by atoms with Crippen LogP contribution in [-0.2, 0) is 7.86 Å². The van der Waals surface area contributed by atoms with Crippen LogP contribution in [0.3, 0.4) is 0 Å². The summed E-state index contributed by atoms with van der Waals surface area (Å²) in [5.74, 6) is 0.725. The van der Waals surface area contributed by atoms with Crippen LogP contribution in [0.1, 0.15) is 38.5 Å². The summed E-state index contributed by atoms with van der Waals surface area (Å²) in [4.78, 5) is 10.7. The molecule has 90 valence electrons. The second kappa shape index (κ2) is 10.2. The summed E-state index contributed by atoms with van der Waals surface area (Å²) in [6.45, 7) is 0. The van der Waals surface area contributed by atoms with Gasteiger partial charge in [0, 0.05) is 6.42 Å². The second-order valence-corrected chi connectivity index (χ2v) is 5.81. The Labute approximate surface area is 120 Å². The molecule has 0 radical (unpaired) electrons. The molecule has 0 N–H and O–H groups in total. The standard InChI is InChI=1S/C8H13IO2.CHCl3/c9-11-8(10)6-5-7-3-1-2-4-7;2-1(3)4/h7H,1-6H2;1H. The Kier molecular flexibility index (Phi) is 11.0. The highest BCUT2D eigenvalue weighted by Gasteiger charge is 2.16. The van der Waals surface area contributed by atoms with E-state index in [0.717, 1.165) is 12.3 Å². The van der Waals surface area contributed by atoms with E-state index in [0.29, 0.717) is 6.42 Å². The molecule has 0 aromatic carbocycles. The third kappa shape index (κ3) is 11.3. The molecule has 0 amide bonds. The van der Waals surface area contributed by atoms with Crippen LogP contribution in [0.25, 0.3) is 0 Å². The van der Waals surface area contributed by atoms with Crippen molar-refractivity contribution in [3.63, 3.8) is 0 Å². The highest BCUT2D eigenvalue weighted by Crippen LogP contribution is 2.28. The first-order valence-electron chi connectivity index (χ1n) is 4.80. The predicted molar refractivity (Wildman–Crippen MR) is 72.7 cm³/mol. The molecule has 1 aliphatic rings. The van der Waals surface area contributed by atoms with Gasteiger partial charge in [-0.1, -0.05) is 60.5 Å². The van der Waals surface area contributed by atoms with Gasteiger partial charge in [-0.2, -0.15) is 0 Å². The Bertz CT molecular complexity index is 170. The molecule has 0 aromatic rings. The molecule has 0 atom stereocenters. The number of carbonyl (C=O) groups is 1. The van der Waals surface area contributed by atoms with Crippen molar-refractivity contribution in [3.8, 4) is 0 Å². The molecular formula is C9H14Cl3IO2. The Morgan fingerprint density at radius 1 is 1.33 bits per heavy atom. The van der Waals surface area contributed by atoms with Crippen molar-refractivity contribution >= 4 is 63.8 Å². The molecule has 2 nitrogen and oxygen atoms in total. The van der Waals surface area contributed by atoms with E-state index in [-0.39, 0.29) is 5.97 Å². The zero-order valence-electron chi connectivity index (χ0n) is 8.23. The van der Waals surface area contributed by atoms with E-state index >= 15 is 0 Å². The summed E-state index contributed by atoms with van der Waals surface area (Å²) in [6.07, 6.45) is 6.96. The van der Waals surface area contributed by atoms with Gasteiger partial charge in [-0.3, -0.25) is 4.79 Å². The highest BCUT2D eigenvalue weighted by molar-refractivity contribution is 14.1. The Balaban J connectivity index is 0.000000423. The molecule has 0 heterocycles. The summed E-state index contributed by atoms with van der Waals surface area (Å²) < 4.78 is 3.79. The number of rotatable bonds is 3. The Hall–Kier alpha value is 1.07. The van der Waals surface area contributed by atoms with Gasteiger partial charge in [-0.15, -0.1) is 0 Å². The molecule has 0 aromatic heterocycles. The van der Waals surface area contributed by atoms with E-state index in [1.54, 1.807) is 23.0 Å². The van der Waals surface area contributed by atoms with E-state index in [2.05, 4.69) is 3.07 Å². The lowest BCUT2D eigenvalue weighted by Gasteiger charge is -2.05. The first kappa shape index (κ1) is 16.1. The van der Waals surface area contributed by atoms with Crippen LogP contribution in [0, 0.1) is 5.92 Å². The van der Waals surface area contributed by atoms with Gasteiger partial charge in [0.05, 0.1) is 0 Å². The zero-order chi connectivity index (χ0) is 11.7. The molecule has 1 rings (SSSR count). The average molecular weight is 387 g/mol. The molecule has 0 unspecified atom stereocenters. The number of alkyl halides is 3. The first-order valence-corrected chi connectivity index (χ1v) is 6.99. The number of carbonyl (C=O) groups excluding carboxylic acids is 1. The second-order valence-electron chi connectivity index (χ2n) is 3.39. The molecule has 0 bridgehead atoms. The summed E-state index contributed by atoms with van der Waals surface area (Å²) in [5.41, 5.74) is 0. The highest BCUT2D eigenvalue weighted by atomic mass is 127. The third-order valence-corrected chi connectivity index (χ3v) is 2.81. The molecule has 1 aliphatic carbocycles. The van der Waals surface area contributed by atoms with Gasteiger partial charge in [-0.25, -0.2) is 0 Å². The monoisotopic (exact) mass is 386 g/mol. The summed E-state index contributed by atoms with van der Waals surface area (Å²) in [5, 5.41) is 0. The number of hydrogen-bond donors (Lipinski definition) is 0. The van der Waals surface area contributed by atoms with Crippen molar-refractivity contribution in [3.05, 3.63) is 0 Å². The molecule has 0 aliphatic heterocycles. The Morgan fingerprint density at radius 3 is 2.20 bits per heavy atom. The van der Waals surface area contributed by atoms with Gasteiger partial charge >= 0.3 is 5.97 Å². The minimum atomic E-state index is -0.750. The van der Waals surface area contributed by atoms with Crippen molar-refractivity contribution in [1.29, 1.82) is 0 Å². The smallest absolute Gasteiger partial charge is 0.315 e. The fraction of sp³-hybridized carbons (Fsp3) is 0.889. The van der Waals surface area contributed by atoms with E-state index in [4.69, 9.17) is 34.8 Å². The fourth-order valence-corrected chi connectivity index (χ4v) is 1.88. The van der Waals surface area contributed by atoms with Crippen LogP contribution in [0.5, 0.6) is 0 Å². The van der Waals surface area contributed by atoms with Crippen molar-refractivity contribution < 1.29 is 7.86 Å². The minimum absolute atomic E-state index is 0.0718. The largest absolute Gasteiger partial charge is 0.394 e. The van der Waals surface area contributed by atoms with Gasteiger partial charge in [-0.05, 0) is 12.3 Å². The molecule has 1 saturated carbocycles. The normalized spacial score (nSPS) is 16.1. The maximum Gasteiger partial charge on any atom is 0.315 e. The summed E-state index contributed by atoms with van der Waals surface area (Å²) >= 11 is 16.1. The van der Waals surface area contributed by atoms with Gasteiger partial charge in [0.1, 0.15) is 0 Å². The predicted octanol–water partition coefficient (Wildman–Crippen LogP) is 4.84. The first-order chi connectivity index (χ1) is 7.06. The Morgan fingerprint density at radius 2 is 1.80 bits per heavy atom. The summed E-state index contributed by atoms with van der Waals surface area (Å²) in [7, 11) is 0. The third-order valence-electron chi connectivity index (χ3n) is 2.32. The average Bonchev–Trinajstić information content (AvgIpc) is 2.65. The molecule has 0 spiro atoms. The molecular weight excluding hydrogens is 373 g/mol. The van der Waals surface area contributed by atoms with E-state index in [1.165, 1.54) is 25.7 Å². The van der Waals surface area contributed by atoms with Crippen molar-refractivity contribution in [1.82, 2.24) is 0 Å². The lowest BCUT2D eigenvalue weighted by Crippen LogP contribution is -2.01. The van der Waals surface area contributed by atoms with Crippen LogP contribution < -0.4 is 0 Å². The lowest BCUT2D eigenvalue weighted by atomic mass is 10.0. The quantitative estimate of drug-likeness (QED) is 0.512. The van der Waals surface area contributed by atoms with Crippen LogP contribution >= 0.6 is 57.8 Å². The maximum absolute atomic E-state index is 10.7. The van der Waals surface area contributed by atoms with Crippen molar-refractivity contribution in [2.24, 2.45) is 5.92 Å². The maximum atomic E-state index is 10.7. The summed E-state index contributed by atoms with van der Waals surface area (Å²) in [6, 6.07) is 0. The van der Waals surface area contributed by atoms with E-state index in [1.807, 2.05) is 0 Å². The van der Waals surface area contributed by atoms with Gasteiger partial charge in [0.2, 0.25) is 0 Å². The van der Waals surface area contributed by atoms with Crippen molar-refractivity contribution in [2.45, 2.75) is 42.8 Å². The molecule has 1 fully saturated rings. The van der Waals surface area contributed by atoms with E-state index in [9.17, 15) is 4.79 Å². The van der Waals surface area contributed by atoms with Crippen LogP contribution in [0.2, 0.25) is 0 Å². The zero-order valence-corrected chi connectivity index (χ0v) is 12.7. The van der Waals surface area contributed by atoms with Crippen LogP contribution in [0.4, 0.5) is 0 Å².